The molecule has 1 heterocycles. The normalized spacial score (nSPS) is 10.8. The van der Waals surface area contributed by atoms with Crippen LogP contribution in [-0.4, -0.2) is 9.78 Å². The number of aromatic nitrogens is 2. The molecule has 0 aliphatic heterocycles. The van der Waals surface area contributed by atoms with Crippen molar-refractivity contribution in [3.8, 4) is 11.3 Å². The minimum absolute atomic E-state index is 0.0806. The third-order valence-electron chi connectivity index (χ3n) is 2.43. The van der Waals surface area contributed by atoms with E-state index in [9.17, 15) is 8.78 Å². The first kappa shape index (κ1) is 10.8. The Hall–Kier alpha value is -1.75. The van der Waals surface area contributed by atoms with E-state index < -0.39 is 11.6 Å². The van der Waals surface area contributed by atoms with Crippen LogP contribution in [0.25, 0.3) is 11.3 Å². The van der Waals surface area contributed by atoms with Crippen molar-refractivity contribution in [1.29, 1.82) is 0 Å². The minimum Gasteiger partial charge on any atom is -0.326 e. The highest BCUT2D eigenvalue weighted by atomic mass is 19.1. The molecule has 2 N–H and O–H groups in total. The maximum absolute atomic E-state index is 13.6. The smallest absolute Gasteiger partial charge is 0.135 e. The summed E-state index contributed by atoms with van der Waals surface area (Å²) in [6, 6.07) is 3.75. The lowest BCUT2D eigenvalue weighted by Crippen LogP contribution is -2.03. The summed E-state index contributed by atoms with van der Waals surface area (Å²) in [4.78, 5) is 0. The number of rotatable bonds is 2. The van der Waals surface area contributed by atoms with Gasteiger partial charge in [-0.25, -0.2) is 8.78 Å². The monoisotopic (exact) mass is 223 g/mol. The van der Waals surface area contributed by atoms with E-state index in [0.717, 1.165) is 0 Å². The van der Waals surface area contributed by atoms with Gasteiger partial charge in [-0.05, 0) is 12.1 Å². The van der Waals surface area contributed by atoms with Gasteiger partial charge in [-0.15, -0.1) is 0 Å². The predicted octanol–water partition coefficient (Wildman–Crippen LogP) is 1.82. The predicted molar refractivity (Wildman–Crippen MR) is 56.5 cm³/mol. The summed E-state index contributed by atoms with van der Waals surface area (Å²) < 4.78 is 28.6. The summed E-state index contributed by atoms with van der Waals surface area (Å²) in [6.07, 6.45) is 1.52. The van der Waals surface area contributed by atoms with Gasteiger partial charge in [-0.3, -0.25) is 4.68 Å². The lowest BCUT2D eigenvalue weighted by molar-refractivity contribution is 0.585. The number of halogens is 2. The molecule has 2 rings (SSSR count). The molecule has 0 radical (unpaired) electrons. The molecule has 0 saturated heterocycles. The molecule has 0 spiro atoms. The van der Waals surface area contributed by atoms with Gasteiger partial charge in [-0.2, -0.15) is 5.10 Å². The SMILES string of the molecule is Cn1ncc(CN)c1-c1c(F)cccc1F. The number of hydrogen-bond donors (Lipinski definition) is 1. The number of benzene rings is 1. The van der Waals surface area contributed by atoms with Crippen LogP contribution >= 0.6 is 0 Å². The molecule has 0 atom stereocenters. The quantitative estimate of drug-likeness (QED) is 0.844. The fourth-order valence-corrected chi connectivity index (χ4v) is 1.68. The van der Waals surface area contributed by atoms with Crippen LogP contribution in [0.4, 0.5) is 8.78 Å². The summed E-state index contributed by atoms with van der Waals surface area (Å²) in [5, 5.41) is 3.95. The summed E-state index contributed by atoms with van der Waals surface area (Å²) in [6.45, 7) is 0.191. The topological polar surface area (TPSA) is 43.8 Å². The summed E-state index contributed by atoms with van der Waals surface area (Å²) >= 11 is 0. The molecular formula is C11H11F2N3. The van der Waals surface area contributed by atoms with Crippen LogP contribution in [0.2, 0.25) is 0 Å². The van der Waals surface area contributed by atoms with Crippen molar-refractivity contribution < 1.29 is 8.78 Å². The van der Waals surface area contributed by atoms with Gasteiger partial charge in [0.1, 0.15) is 11.6 Å². The first-order chi connectivity index (χ1) is 7.65. The maximum Gasteiger partial charge on any atom is 0.135 e. The van der Waals surface area contributed by atoms with E-state index in [0.29, 0.717) is 11.3 Å². The van der Waals surface area contributed by atoms with Crippen LogP contribution in [0.3, 0.4) is 0 Å². The van der Waals surface area contributed by atoms with E-state index >= 15 is 0 Å². The molecule has 1 aromatic carbocycles. The Balaban J connectivity index is 2.71. The van der Waals surface area contributed by atoms with Crippen molar-refractivity contribution >= 4 is 0 Å². The van der Waals surface area contributed by atoms with Gasteiger partial charge in [0.25, 0.3) is 0 Å². The molecule has 0 unspecified atom stereocenters. The highest BCUT2D eigenvalue weighted by molar-refractivity contribution is 5.64. The molecule has 1 aromatic heterocycles. The molecule has 5 heteroatoms. The molecule has 0 aliphatic rings. The lowest BCUT2D eigenvalue weighted by atomic mass is 10.1. The van der Waals surface area contributed by atoms with Gasteiger partial charge in [-0.1, -0.05) is 6.07 Å². The Morgan fingerprint density at radius 2 is 1.94 bits per heavy atom. The highest BCUT2D eigenvalue weighted by Gasteiger charge is 2.17. The summed E-state index contributed by atoms with van der Waals surface area (Å²) in [5.41, 5.74) is 6.43. The van der Waals surface area contributed by atoms with Crippen LogP contribution in [0.5, 0.6) is 0 Å². The van der Waals surface area contributed by atoms with Crippen molar-refractivity contribution in [2.24, 2.45) is 12.8 Å². The largest absolute Gasteiger partial charge is 0.326 e. The molecule has 0 aliphatic carbocycles. The van der Waals surface area contributed by atoms with Crippen molar-refractivity contribution in [2.45, 2.75) is 6.54 Å². The lowest BCUT2D eigenvalue weighted by Gasteiger charge is -2.07. The van der Waals surface area contributed by atoms with Gasteiger partial charge in [0.05, 0.1) is 17.5 Å². The van der Waals surface area contributed by atoms with E-state index in [1.165, 1.54) is 29.1 Å². The standard InChI is InChI=1S/C11H11F2N3/c1-16-11(7(5-14)6-15-16)10-8(12)3-2-4-9(10)13/h2-4,6H,5,14H2,1H3. The fourth-order valence-electron chi connectivity index (χ4n) is 1.68. The fraction of sp³-hybridized carbons (Fsp3) is 0.182. The summed E-state index contributed by atoms with van der Waals surface area (Å²) in [7, 11) is 1.63. The zero-order valence-electron chi connectivity index (χ0n) is 8.74. The Bertz CT molecular complexity index is 500. The Morgan fingerprint density at radius 1 is 1.31 bits per heavy atom. The van der Waals surface area contributed by atoms with E-state index in [2.05, 4.69) is 5.10 Å². The Morgan fingerprint density at radius 3 is 2.50 bits per heavy atom. The zero-order chi connectivity index (χ0) is 11.7. The second-order valence-corrected chi connectivity index (χ2v) is 3.44. The second-order valence-electron chi connectivity index (χ2n) is 3.44. The van der Waals surface area contributed by atoms with Crippen LogP contribution in [0.1, 0.15) is 5.56 Å². The molecule has 0 fully saturated rings. The van der Waals surface area contributed by atoms with Gasteiger partial charge in [0, 0.05) is 19.2 Å². The van der Waals surface area contributed by atoms with E-state index in [1.807, 2.05) is 0 Å². The number of nitrogens with two attached hydrogens (primary N) is 1. The van der Waals surface area contributed by atoms with Crippen LogP contribution in [0, 0.1) is 11.6 Å². The average Bonchev–Trinajstić information content (AvgIpc) is 2.60. The molecule has 16 heavy (non-hydrogen) atoms. The number of aryl methyl sites for hydroxylation is 1. The van der Waals surface area contributed by atoms with E-state index in [1.54, 1.807) is 7.05 Å². The summed E-state index contributed by atoms with van der Waals surface area (Å²) in [5.74, 6) is -1.23. The second kappa shape index (κ2) is 4.02. The molecule has 0 saturated carbocycles. The Labute approximate surface area is 91.5 Å². The first-order valence-electron chi connectivity index (χ1n) is 4.80. The first-order valence-corrected chi connectivity index (χ1v) is 4.80. The minimum atomic E-state index is -0.613. The van der Waals surface area contributed by atoms with E-state index in [-0.39, 0.29) is 12.1 Å². The molecular weight excluding hydrogens is 212 g/mol. The van der Waals surface area contributed by atoms with Crippen molar-refractivity contribution in [3.05, 3.63) is 41.6 Å². The van der Waals surface area contributed by atoms with Gasteiger partial charge < -0.3 is 5.73 Å². The Kier molecular flexibility index (Phi) is 2.70. The molecule has 0 amide bonds. The molecule has 0 bridgehead atoms. The van der Waals surface area contributed by atoms with Crippen molar-refractivity contribution in [1.82, 2.24) is 9.78 Å². The van der Waals surface area contributed by atoms with Crippen molar-refractivity contribution in [2.75, 3.05) is 0 Å². The van der Waals surface area contributed by atoms with Crippen molar-refractivity contribution in [3.63, 3.8) is 0 Å². The molecule has 2 aromatic rings. The van der Waals surface area contributed by atoms with Gasteiger partial charge >= 0.3 is 0 Å². The zero-order valence-corrected chi connectivity index (χ0v) is 8.74. The van der Waals surface area contributed by atoms with Crippen LogP contribution in [0.15, 0.2) is 24.4 Å². The van der Waals surface area contributed by atoms with Crippen LogP contribution < -0.4 is 5.73 Å². The molecule has 3 nitrogen and oxygen atoms in total. The maximum atomic E-state index is 13.6. The molecule has 84 valence electrons. The van der Waals surface area contributed by atoms with Gasteiger partial charge in [0.2, 0.25) is 0 Å². The highest BCUT2D eigenvalue weighted by Crippen LogP contribution is 2.28. The third kappa shape index (κ3) is 1.59. The van der Waals surface area contributed by atoms with Crippen LogP contribution in [-0.2, 0) is 13.6 Å². The van der Waals surface area contributed by atoms with Gasteiger partial charge in [0.15, 0.2) is 0 Å². The van der Waals surface area contributed by atoms with E-state index in [4.69, 9.17) is 5.73 Å². The average molecular weight is 223 g/mol. The third-order valence-corrected chi connectivity index (χ3v) is 2.43. The number of nitrogens with zero attached hydrogens (tertiary/aromatic N) is 2. The number of hydrogen-bond acceptors (Lipinski definition) is 2.